The number of nitrogens with zero attached hydrogens (tertiary/aromatic N) is 5. The molecule has 0 aliphatic carbocycles. The van der Waals surface area contributed by atoms with Crippen molar-refractivity contribution in [2.45, 2.75) is 13.8 Å². The molecule has 0 unspecified atom stereocenters. The maximum Gasteiger partial charge on any atom is 0.230 e. The second kappa shape index (κ2) is 7.62. The van der Waals surface area contributed by atoms with Crippen LogP contribution in [0.4, 0.5) is 17.6 Å². The van der Waals surface area contributed by atoms with Crippen LogP contribution >= 0.6 is 0 Å². The zero-order valence-corrected chi connectivity index (χ0v) is 17.9. The lowest BCUT2D eigenvalue weighted by Crippen LogP contribution is -2.09. The molecule has 0 saturated carbocycles. The lowest BCUT2D eigenvalue weighted by atomic mass is 10.1. The number of benzene rings is 2. The van der Waals surface area contributed by atoms with Crippen LogP contribution in [0.5, 0.6) is 11.5 Å². The molecule has 2 heterocycles. The van der Waals surface area contributed by atoms with Crippen LogP contribution < -0.4 is 19.7 Å². The van der Waals surface area contributed by atoms with Gasteiger partial charge in [-0.25, -0.2) is 19.9 Å². The Labute approximate surface area is 174 Å². The number of aryl methyl sites for hydroxylation is 2. The van der Waals surface area contributed by atoms with Crippen LogP contribution in [0, 0.1) is 13.8 Å². The van der Waals surface area contributed by atoms with Crippen molar-refractivity contribution in [1.29, 1.82) is 0 Å². The molecule has 154 valence electrons. The van der Waals surface area contributed by atoms with Crippen molar-refractivity contribution in [3.8, 4) is 11.5 Å². The Kier molecular flexibility index (Phi) is 4.99. The lowest BCUT2D eigenvalue weighted by molar-refractivity contribution is 0.355. The monoisotopic (exact) mass is 404 g/mol. The van der Waals surface area contributed by atoms with Gasteiger partial charge in [0.15, 0.2) is 11.5 Å². The molecule has 2 aromatic heterocycles. The van der Waals surface area contributed by atoms with E-state index in [1.165, 1.54) is 0 Å². The maximum atomic E-state index is 5.40. The topological polar surface area (TPSA) is 85.3 Å². The molecule has 0 atom stereocenters. The molecule has 0 aliphatic rings. The van der Waals surface area contributed by atoms with E-state index in [2.05, 4.69) is 42.3 Å². The van der Waals surface area contributed by atoms with Gasteiger partial charge in [0.1, 0.15) is 0 Å². The average Bonchev–Trinajstić information content (AvgIpc) is 2.73. The highest BCUT2D eigenvalue weighted by molar-refractivity contribution is 5.87. The van der Waals surface area contributed by atoms with Gasteiger partial charge in [0, 0.05) is 42.8 Å². The number of aromatic nitrogens is 4. The number of nitrogens with one attached hydrogen (secondary N) is 1. The third-order valence-corrected chi connectivity index (χ3v) is 4.99. The van der Waals surface area contributed by atoms with Crippen molar-refractivity contribution in [2.24, 2.45) is 0 Å². The summed E-state index contributed by atoms with van der Waals surface area (Å²) in [6.45, 7) is 3.97. The van der Waals surface area contributed by atoms with Crippen LogP contribution in [0.1, 0.15) is 11.3 Å². The highest BCUT2D eigenvalue weighted by Crippen LogP contribution is 2.33. The first-order valence-corrected chi connectivity index (χ1v) is 9.51. The van der Waals surface area contributed by atoms with Gasteiger partial charge < -0.3 is 14.4 Å². The van der Waals surface area contributed by atoms with Crippen LogP contribution in [0.15, 0.2) is 30.5 Å². The molecule has 2 aromatic carbocycles. The molecular weight excluding hydrogens is 380 g/mol. The summed E-state index contributed by atoms with van der Waals surface area (Å²) in [5, 5.41) is 5.01. The molecule has 0 saturated heterocycles. The van der Waals surface area contributed by atoms with Gasteiger partial charge in [0.05, 0.1) is 30.9 Å². The van der Waals surface area contributed by atoms with Crippen molar-refractivity contribution in [2.75, 3.05) is 38.5 Å². The largest absolute Gasteiger partial charge is 0.493 e. The Morgan fingerprint density at radius 3 is 2.30 bits per heavy atom. The van der Waals surface area contributed by atoms with Crippen LogP contribution in [0.2, 0.25) is 0 Å². The first-order chi connectivity index (χ1) is 14.4. The van der Waals surface area contributed by atoms with E-state index in [9.17, 15) is 0 Å². The third kappa shape index (κ3) is 3.52. The Bertz CT molecular complexity index is 1260. The Morgan fingerprint density at radius 2 is 1.60 bits per heavy atom. The zero-order chi connectivity index (χ0) is 21.4. The van der Waals surface area contributed by atoms with E-state index in [1.807, 2.05) is 46.3 Å². The van der Waals surface area contributed by atoms with Gasteiger partial charge in [-0.15, -0.1) is 0 Å². The number of fused-ring (bicyclic) bond motifs is 2. The molecule has 0 aliphatic heterocycles. The molecule has 4 rings (SSSR count). The van der Waals surface area contributed by atoms with Crippen molar-refractivity contribution in [1.82, 2.24) is 19.9 Å². The first-order valence-electron chi connectivity index (χ1n) is 9.51. The molecule has 0 radical (unpaired) electrons. The van der Waals surface area contributed by atoms with Crippen molar-refractivity contribution >= 4 is 39.4 Å². The van der Waals surface area contributed by atoms with Crippen LogP contribution in [-0.4, -0.2) is 48.3 Å². The fourth-order valence-electron chi connectivity index (χ4n) is 3.39. The lowest BCUT2D eigenvalue weighted by Gasteiger charge is -2.15. The number of rotatable bonds is 5. The summed E-state index contributed by atoms with van der Waals surface area (Å²) in [5.41, 5.74) is 4.64. The van der Waals surface area contributed by atoms with E-state index in [0.717, 1.165) is 38.8 Å². The smallest absolute Gasteiger partial charge is 0.230 e. The summed E-state index contributed by atoms with van der Waals surface area (Å²) in [4.78, 5) is 20.4. The van der Waals surface area contributed by atoms with E-state index in [0.29, 0.717) is 23.4 Å². The zero-order valence-electron chi connectivity index (χ0n) is 17.9. The minimum absolute atomic E-state index is 0.425. The molecule has 4 aromatic rings. The summed E-state index contributed by atoms with van der Waals surface area (Å²) < 4.78 is 10.8. The molecule has 0 spiro atoms. The maximum absolute atomic E-state index is 5.40. The van der Waals surface area contributed by atoms with Gasteiger partial charge in [-0.3, -0.25) is 5.32 Å². The molecule has 0 amide bonds. The summed E-state index contributed by atoms with van der Waals surface area (Å²) in [6, 6.07) is 7.89. The SMILES string of the molecule is COc1cc2nc(Nc3ncc4cc(N(C)C)cc(C)c4n3)nc(C)c2cc1OC. The van der Waals surface area contributed by atoms with E-state index < -0.39 is 0 Å². The predicted molar refractivity (Wildman–Crippen MR) is 119 cm³/mol. The second-order valence-corrected chi connectivity index (χ2v) is 7.27. The third-order valence-electron chi connectivity index (χ3n) is 4.99. The van der Waals surface area contributed by atoms with Gasteiger partial charge >= 0.3 is 0 Å². The minimum Gasteiger partial charge on any atom is -0.493 e. The number of anilines is 3. The van der Waals surface area contributed by atoms with Crippen LogP contribution in [0.25, 0.3) is 21.8 Å². The molecule has 0 bridgehead atoms. The highest BCUT2D eigenvalue weighted by Gasteiger charge is 2.13. The van der Waals surface area contributed by atoms with Gasteiger partial charge in [-0.05, 0) is 37.6 Å². The van der Waals surface area contributed by atoms with E-state index >= 15 is 0 Å². The number of hydrogen-bond acceptors (Lipinski definition) is 8. The Hall–Kier alpha value is -3.68. The van der Waals surface area contributed by atoms with E-state index in [-0.39, 0.29) is 0 Å². The highest BCUT2D eigenvalue weighted by atomic mass is 16.5. The second-order valence-electron chi connectivity index (χ2n) is 7.27. The minimum atomic E-state index is 0.425. The molecule has 0 fully saturated rings. The standard InChI is InChI=1S/C22H24N6O2/c1-12-7-15(28(3)4)8-14-11-23-21(26-20(12)14)27-22-24-13(2)16-9-18(29-5)19(30-6)10-17(16)25-22/h7-11H,1-6H3,(H,23,24,25,26,27). The van der Waals surface area contributed by atoms with Crippen LogP contribution in [-0.2, 0) is 0 Å². The summed E-state index contributed by atoms with van der Waals surface area (Å²) in [6.07, 6.45) is 1.81. The quantitative estimate of drug-likeness (QED) is 0.534. The number of ether oxygens (including phenoxy) is 2. The molecule has 1 N–H and O–H groups in total. The first kappa shape index (κ1) is 19.6. The molecule has 30 heavy (non-hydrogen) atoms. The summed E-state index contributed by atoms with van der Waals surface area (Å²) in [5.74, 6) is 2.13. The molecule has 8 heteroatoms. The normalized spacial score (nSPS) is 11.0. The molecular formula is C22H24N6O2. The van der Waals surface area contributed by atoms with Crippen molar-refractivity contribution in [3.63, 3.8) is 0 Å². The Morgan fingerprint density at radius 1 is 0.867 bits per heavy atom. The van der Waals surface area contributed by atoms with Gasteiger partial charge in [0.2, 0.25) is 11.9 Å². The summed E-state index contributed by atoms with van der Waals surface area (Å²) in [7, 11) is 7.24. The van der Waals surface area contributed by atoms with E-state index in [1.54, 1.807) is 14.2 Å². The van der Waals surface area contributed by atoms with Crippen molar-refractivity contribution in [3.05, 3.63) is 41.7 Å². The van der Waals surface area contributed by atoms with Gasteiger partial charge in [-0.1, -0.05) is 0 Å². The molecule has 8 nitrogen and oxygen atoms in total. The van der Waals surface area contributed by atoms with Gasteiger partial charge in [0.25, 0.3) is 0 Å². The van der Waals surface area contributed by atoms with E-state index in [4.69, 9.17) is 9.47 Å². The number of methoxy groups -OCH3 is 2. The van der Waals surface area contributed by atoms with Crippen LogP contribution in [0.3, 0.4) is 0 Å². The summed E-state index contributed by atoms with van der Waals surface area (Å²) >= 11 is 0. The fourth-order valence-corrected chi connectivity index (χ4v) is 3.39. The average molecular weight is 404 g/mol. The predicted octanol–water partition coefficient (Wildman–Crippen LogP) is 4.02. The number of hydrogen-bond donors (Lipinski definition) is 1. The van der Waals surface area contributed by atoms with Gasteiger partial charge in [-0.2, -0.15) is 0 Å². The Balaban J connectivity index is 1.73. The van der Waals surface area contributed by atoms with Crippen molar-refractivity contribution < 1.29 is 9.47 Å². The fraction of sp³-hybridized carbons (Fsp3) is 0.273.